The topological polar surface area (TPSA) is 126 Å². The first-order chi connectivity index (χ1) is 17.9. The number of carbonyl (C=O) groups excluding carboxylic acids is 1. The Bertz CT molecular complexity index is 1440. The van der Waals surface area contributed by atoms with Crippen molar-refractivity contribution in [3.8, 4) is 11.3 Å². The Morgan fingerprint density at radius 3 is 2.51 bits per heavy atom. The molecular formula is C27H28N6O4. The zero-order valence-corrected chi connectivity index (χ0v) is 20.7. The maximum absolute atomic E-state index is 12.8. The van der Waals surface area contributed by atoms with Crippen LogP contribution in [0, 0.1) is 10.1 Å². The summed E-state index contributed by atoms with van der Waals surface area (Å²) in [5.41, 5.74) is 1.41. The molecule has 2 aromatic carbocycles. The van der Waals surface area contributed by atoms with E-state index in [0.717, 1.165) is 42.4 Å². The van der Waals surface area contributed by atoms with Crippen molar-refractivity contribution in [2.75, 3.05) is 24.3 Å². The van der Waals surface area contributed by atoms with Crippen LogP contribution >= 0.6 is 0 Å². The fourth-order valence-electron chi connectivity index (χ4n) is 4.67. The molecular weight excluding hydrogens is 472 g/mol. The average molecular weight is 501 g/mol. The number of furan rings is 1. The number of rotatable bonds is 7. The molecule has 37 heavy (non-hydrogen) atoms. The van der Waals surface area contributed by atoms with E-state index in [-0.39, 0.29) is 29.4 Å². The smallest absolute Gasteiger partial charge is 0.287 e. The van der Waals surface area contributed by atoms with E-state index < -0.39 is 4.92 Å². The fourth-order valence-corrected chi connectivity index (χ4v) is 4.67. The maximum Gasteiger partial charge on any atom is 0.287 e. The largest absolute Gasteiger partial charge is 0.451 e. The van der Waals surface area contributed by atoms with Gasteiger partial charge in [-0.1, -0.05) is 24.3 Å². The SMILES string of the molecule is CN(C)c1nc(NC2CCC(NC(=O)c3ccc(-c4cccc([N+](=O)[O-])c4)o3)CC2)nc2ccccc12. The van der Waals surface area contributed by atoms with Crippen LogP contribution in [0.5, 0.6) is 0 Å². The first-order valence-corrected chi connectivity index (χ1v) is 12.2. The number of benzene rings is 2. The zero-order valence-electron chi connectivity index (χ0n) is 20.7. The molecule has 0 atom stereocenters. The number of non-ortho nitro benzene ring substituents is 1. The summed E-state index contributed by atoms with van der Waals surface area (Å²) in [5, 5.41) is 18.6. The van der Waals surface area contributed by atoms with E-state index in [1.54, 1.807) is 24.3 Å². The van der Waals surface area contributed by atoms with Crippen LogP contribution in [0.3, 0.4) is 0 Å². The van der Waals surface area contributed by atoms with Crippen LogP contribution < -0.4 is 15.5 Å². The number of aromatic nitrogens is 2. The van der Waals surface area contributed by atoms with Crippen molar-refractivity contribution in [3.63, 3.8) is 0 Å². The van der Waals surface area contributed by atoms with Crippen molar-refractivity contribution >= 4 is 34.3 Å². The van der Waals surface area contributed by atoms with Gasteiger partial charge in [-0.2, -0.15) is 4.98 Å². The zero-order chi connectivity index (χ0) is 25.9. The second-order valence-electron chi connectivity index (χ2n) is 9.42. The fraction of sp³-hybridized carbons (Fsp3) is 0.296. The number of para-hydroxylation sites is 1. The van der Waals surface area contributed by atoms with Crippen molar-refractivity contribution < 1.29 is 14.1 Å². The van der Waals surface area contributed by atoms with Gasteiger partial charge in [0, 0.05) is 49.3 Å². The van der Waals surface area contributed by atoms with Gasteiger partial charge in [-0.05, 0) is 49.9 Å². The Morgan fingerprint density at radius 1 is 1.00 bits per heavy atom. The third kappa shape index (κ3) is 5.37. The molecule has 1 aliphatic carbocycles. The molecule has 0 bridgehead atoms. The number of nitro groups is 1. The molecule has 10 heteroatoms. The van der Waals surface area contributed by atoms with Gasteiger partial charge in [-0.25, -0.2) is 4.98 Å². The second-order valence-corrected chi connectivity index (χ2v) is 9.42. The summed E-state index contributed by atoms with van der Waals surface area (Å²) in [4.78, 5) is 34.8. The Labute approximate surface area is 213 Å². The Kier molecular flexibility index (Phi) is 6.72. The lowest BCUT2D eigenvalue weighted by Crippen LogP contribution is -2.40. The first kappa shape index (κ1) is 24.2. The third-order valence-corrected chi connectivity index (χ3v) is 6.57. The van der Waals surface area contributed by atoms with E-state index in [9.17, 15) is 14.9 Å². The van der Waals surface area contributed by atoms with E-state index in [0.29, 0.717) is 17.3 Å². The third-order valence-electron chi connectivity index (χ3n) is 6.57. The van der Waals surface area contributed by atoms with Crippen LogP contribution in [0.15, 0.2) is 65.1 Å². The van der Waals surface area contributed by atoms with Crippen LogP contribution in [0.2, 0.25) is 0 Å². The van der Waals surface area contributed by atoms with Gasteiger partial charge in [-0.3, -0.25) is 14.9 Å². The molecule has 1 amide bonds. The summed E-state index contributed by atoms with van der Waals surface area (Å²) in [5.74, 6) is 1.79. The van der Waals surface area contributed by atoms with Crippen molar-refractivity contribution in [2.24, 2.45) is 0 Å². The highest BCUT2D eigenvalue weighted by Crippen LogP contribution is 2.28. The van der Waals surface area contributed by atoms with Gasteiger partial charge in [0.1, 0.15) is 11.6 Å². The number of anilines is 2. The Hall–Kier alpha value is -4.47. The molecule has 2 N–H and O–H groups in total. The number of hydrogen-bond acceptors (Lipinski definition) is 8. The lowest BCUT2D eigenvalue weighted by molar-refractivity contribution is -0.384. The molecule has 4 aromatic rings. The minimum absolute atomic E-state index is 0.0303. The lowest BCUT2D eigenvalue weighted by atomic mass is 9.91. The van der Waals surface area contributed by atoms with Crippen LogP contribution in [0.1, 0.15) is 36.2 Å². The molecule has 190 valence electrons. The molecule has 1 aliphatic rings. The summed E-state index contributed by atoms with van der Waals surface area (Å²) in [6.07, 6.45) is 3.37. The molecule has 5 rings (SSSR count). The first-order valence-electron chi connectivity index (χ1n) is 12.2. The monoisotopic (exact) mass is 500 g/mol. The molecule has 10 nitrogen and oxygen atoms in total. The van der Waals surface area contributed by atoms with Gasteiger partial charge >= 0.3 is 0 Å². The Morgan fingerprint density at radius 2 is 1.76 bits per heavy atom. The van der Waals surface area contributed by atoms with Crippen molar-refractivity contribution in [3.05, 3.63) is 76.5 Å². The number of hydrogen-bond donors (Lipinski definition) is 2. The van der Waals surface area contributed by atoms with Crippen molar-refractivity contribution in [2.45, 2.75) is 37.8 Å². The van der Waals surface area contributed by atoms with E-state index >= 15 is 0 Å². The summed E-state index contributed by atoms with van der Waals surface area (Å²) in [6.45, 7) is 0. The van der Waals surface area contributed by atoms with Crippen LogP contribution in [0.25, 0.3) is 22.2 Å². The molecule has 0 spiro atoms. The van der Waals surface area contributed by atoms with Crippen LogP contribution in [-0.4, -0.2) is 47.0 Å². The molecule has 0 radical (unpaired) electrons. The number of nitrogens with zero attached hydrogens (tertiary/aromatic N) is 4. The second kappa shape index (κ2) is 10.3. The summed E-state index contributed by atoms with van der Waals surface area (Å²) in [7, 11) is 3.94. The number of nitrogens with one attached hydrogen (secondary N) is 2. The van der Waals surface area contributed by atoms with E-state index in [2.05, 4.69) is 10.6 Å². The molecule has 1 fully saturated rings. The van der Waals surface area contributed by atoms with E-state index in [1.165, 1.54) is 12.1 Å². The van der Waals surface area contributed by atoms with Gasteiger partial charge in [0.15, 0.2) is 5.76 Å². The molecule has 2 aromatic heterocycles. The number of fused-ring (bicyclic) bond motifs is 1. The van der Waals surface area contributed by atoms with Crippen LogP contribution in [0.4, 0.5) is 17.5 Å². The summed E-state index contributed by atoms with van der Waals surface area (Å²) >= 11 is 0. The summed E-state index contributed by atoms with van der Waals surface area (Å²) < 4.78 is 5.71. The molecule has 0 saturated heterocycles. The van der Waals surface area contributed by atoms with E-state index in [1.807, 2.05) is 43.3 Å². The minimum Gasteiger partial charge on any atom is -0.451 e. The number of nitro benzene ring substituents is 1. The summed E-state index contributed by atoms with van der Waals surface area (Å²) in [6, 6.07) is 17.6. The highest BCUT2D eigenvalue weighted by molar-refractivity contribution is 5.92. The average Bonchev–Trinajstić information content (AvgIpc) is 3.40. The highest BCUT2D eigenvalue weighted by Gasteiger charge is 2.25. The number of carbonyl (C=O) groups is 1. The van der Waals surface area contributed by atoms with Crippen molar-refractivity contribution in [1.82, 2.24) is 15.3 Å². The number of amides is 1. The van der Waals surface area contributed by atoms with Gasteiger partial charge in [-0.15, -0.1) is 0 Å². The van der Waals surface area contributed by atoms with Crippen molar-refractivity contribution in [1.29, 1.82) is 0 Å². The molecule has 0 aliphatic heterocycles. The van der Waals surface area contributed by atoms with Crippen LogP contribution in [-0.2, 0) is 0 Å². The predicted octanol–water partition coefficient (Wildman–Crippen LogP) is 5.02. The van der Waals surface area contributed by atoms with Gasteiger partial charge < -0.3 is 20.0 Å². The standard InChI is InChI=1S/C27H28N6O4/c1-32(2)25-21-8-3-4-9-22(21)30-27(31-25)29-19-12-10-18(11-13-19)28-26(34)24-15-14-23(37-24)17-6-5-7-20(16-17)33(35)36/h3-9,14-16,18-19H,10-13H2,1-2H3,(H,28,34)(H,29,30,31). The van der Waals surface area contributed by atoms with Gasteiger partial charge in [0.2, 0.25) is 5.95 Å². The minimum atomic E-state index is -0.460. The quantitative estimate of drug-likeness (QED) is 0.268. The molecule has 1 saturated carbocycles. The van der Waals surface area contributed by atoms with Gasteiger partial charge in [0.05, 0.1) is 10.4 Å². The highest BCUT2D eigenvalue weighted by atomic mass is 16.6. The lowest BCUT2D eigenvalue weighted by Gasteiger charge is -2.29. The predicted molar refractivity (Wildman–Crippen MR) is 142 cm³/mol. The van der Waals surface area contributed by atoms with E-state index in [4.69, 9.17) is 14.4 Å². The van der Waals surface area contributed by atoms with Gasteiger partial charge in [0.25, 0.3) is 11.6 Å². The molecule has 2 heterocycles. The Balaban J connectivity index is 1.18. The normalized spacial score (nSPS) is 17.4. The molecule has 0 unspecified atom stereocenters. The maximum atomic E-state index is 12.8.